The molecule has 2 nitrogen and oxygen atoms in total. The van der Waals surface area contributed by atoms with E-state index < -0.39 is 0 Å². The standard InChI is InChI=1S/C13H18FNOS/c14-12-2-1-10(11(7-12)8-15)9-17-13-3-5-16-6-4-13/h1-2,7,13H,3-6,8-9,15H2. The van der Waals surface area contributed by atoms with Crippen molar-refractivity contribution in [2.45, 2.75) is 30.4 Å². The monoisotopic (exact) mass is 255 g/mol. The van der Waals surface area contributed by atoms with Crippen LogP contribution in [0.25, 0.3) is 0 Å². The lowest BCUT2D eigenvalue weighted by molar-refractivity contribution is 0.1000. The van der Waals surface area contributed by atoms with Gasteiger partial charge in [-0.25, -0.2) is 4.39 Å². The number of nitrogens with two attached hydrogens (primary N) is 1. The first-order valence-corrected chi connectivity index (χ1v) is 7.01. The van der Waals surface area contributed by atoms with Crippen molar-refractivity contribution in [1.29, 1.82) is 0 Å². The predicted molar refractivity (Wildman–Crippen MR) is 69.4 cm³/mol. The molecular formula is C13H18FNOS. The van der Waals surface area contributed by atoms with E-state index in [1.807, 2.05) is 17.8 Å². The Kier molecular flexibility index (Phi) is 4.83. The van der Waals surface area contributed by atoms with Gasteiger partial charge in [0.05, 0.1) is 0 Å². The summed E-state index contributed by atoms with van der Waals surface area (Å²) in [6.45, 7) is 2.14. The second kappa shape index (κ2) is 6.38. The van der Waals surface area contributed by atoms with Gasteiger partial charge in [0, 0.05) is 30.8 Å². The molecule has 4 heteroatoms. The molecule has 0 aromatic heterocycles. The van der Waals surface area contributed by atoms with Gasteiger partial charge in [-0.2, -0.15) is 11.8 Å². The van der Waals surface area contributed by atoms with E-state index in [9.17, 15) is 4.39 Å². The minimum Gasteiger partial charge on any atom is -0.381 e. The summed E-state index contributed by atoms with van der Waals surface area (Å²) in [5.74, 6) is 0.711. The van der Waals surface area contributed by atoms with Crippen molar-refractivity contribution < 1.29 is 9.13 Å². The first kappa shape index (κ1) is 12.9. The highest BCUT2D eigenvalue weighted by Crippen LogP contribution is 2.27. The Balaban J connectivity index is 1.93. The van der Waals surface area contributed by atoms with Gasteiger partial charge in [0.1, 0.15) is 5.82 Å². The largest absolute Gasteiger partial charge is 0.381 e. The molecule has 2 rings (SSSR count). The van der Waals surface area contributed by atoms with Crippen molar-refractivity contribution in [2.24, 2.45) is 5.73 Å². The molecule has 0 radical (unpaired) electrons. The molecule has 17 heavy (non-hydrogen) atoms. The average Bonchev–Trinajstić information content (AvgIpc) is 2.38. The molecule has 1 aliphatic heterocycles. The maximum atomic E-state index is 13.1. The number of halogens is 1. The lowest BCUT2D eigenvalue weighted by Crippen LogP contribution is -2.17. The molecule has 1 aromatic rings. The Morgan fingerprint density at radius 1 is 1.29 bits per heavy atom. The topological polar surface area (TPSA) is 35.2 Å². The van der Waals surface area contributed by atoms with E-state index in [1.165, 1.54) is 6.07 Å². The highest BCUT2D eigenvalue weighted by Gasteiger charge is 2.14. The summed E-state index contributed by atoms with van der Waals surface area (Å²) in [5, 5.41) is 0.666. The second-order valence-corrected chi connectivity index (χ2v) is 5.53. The van der Waals surface area contributed by atoms with Crippen LogP contribution >= 0.6 is 11.8 Å². The van der Waals surface area contributed by atoms with Gasteiger partial charge in [-0.3, -0.25) is 0 Å². The first-order chi connectivity index (χ1) is 8.29. The minimum absolute atomic E-state index is 0.203. The van der Waals surface area contributed by atoms with Gasteiger partial charge in [-0.05, 0) is 36.1 Å². The van der Waals surface area contributed by atoms with E-state index in [4.69, 9.17) is 10.5 Å². The molecule has 1 fully saturated rings. The zero-order valence-corrected chi connectivity index (χ0v) is 10.6. The minimum atomic E-state index is -0.203. The molecular weight excluding hydrogens is 237 g/mol. The second-order valence-electron chi connectivity index (χ2n) is 4.24. The predicted octanol–water partition coefficient (Wildman–Crippen LogP) is 2.70. The number of benzene rings is 1. The highest BCUT2D eigenvalue weighted by atomic mass is 32.2. The molecule has 1 aliphatic rings. The van der Waals surface area contributed by atoms with Crippen LogP contribution in [0.1, 0.15) is 24.0 Å². The van der Waals surface area contributed by atoms with Gasteiger partial charge in [0.2, 0.25) is 0 Å². The summed E-state index contributed by atoms with van der Waals surface area (Å²) in [6, 6.07) is 4.91. The molecule has 0 bridgehead atoms. The van der Waals surface area contributed by atoms with E-state index >= 15 is 0 Å². The SMILES string of the molecule is NCc1cc(F)ccc1CSC1CCOCC1. The highest BCUT2D eigenvalue weighted by molar-refractivity contribution is 7.99. The number of ether oxygens (including phenoxy) is 1. The molecule has 1 heterocycles. The lowest BCUT2D eigenvalue weighted by Gasteiger charge is -2.21. The lowest BCUT2D eigenvalue weighted by atomic mass is 10.1. The normalized spacial score (nSPS) is 17.3. The summed E-state index contributed by atoms with van der Waals surface area (Å²) < 4.78 is 18.4. The molecule has 2 N–H and O–H groups in total. The Labute approximate surface area is 106 Å². The molecule has 1 aromatic carbocycles. The van der Waals surface area contributed by atoms with E-state index in [1.54, 1.807) is 6.07 Å². The maximum absolute atomic E-state index is 13.1. The summed E-state index contributed by atoms with van der Waals surface area (Å²) in [7, 11) is 0. The molecule has 1 saturated heterocycles. The third-order valence-electron chi connectivity index (χ3n) is 3.03. The number of hydrogen-bond donors (Lipinski definition) is 1. The average molecular weight is 255 g/mol. The van der Waals surface area contributed by atoms with Crippen molar-refractivity contribution in [1.82, 2.24) is 0 Å². The number of thioether (sulfide) groups is 1. The van der Waals surface area contributed by atoms with Gasteiger partial charge in [0.25, 0.3) is 0 Å². The van der Waals surface area contributed by atoms with Crippen LogP contribution in [0, 0.1) is 5.82 Å². The van der Waals surface area contributed by atoms with Gasteiger partial charge >= 0.3 is 0 Å². The molecule has 0 saturated carbocycles. The summed E-state index contributed by atoms with van der Waals surface area (Å²) in [6.07, 6.45) is 2.23. The van der Waals surface area contributed by atoms with Crippen LogP contribution in [0.15, 0.2) is 18.2 Å². The number of rotatable bonds is 4. The van der Waals surface area contributed by atoms with Crippen molar-refractivity contribution in [3.8, 4) is 0 Å². The fraction of sp³-hybridized carbons (Fsp3) is 0.538. The molecule has 0 amide bonds. The third-order valence-corrected chi connectivity index (χ3v) is 4.45. The van der Waals surface area contributed by atoms with Gasteiger partial charge < -0.3 is 10.5 Å². The van der Waals surface area contributed by atoms with Gasteiger partial charge in [-0.1, -0.05) is 6.07 Å². The third kappa shape index (κ3) is 3.69. The van der Waals surface area contributed by atoms with Crippen molar-refractivity contribution >= 4 is 11.8 Å². The smallest absolute Gasteiger partial charge is 0.123 e. The zero-order valence-electron chi connectivity index (χ0n) is 9.82. The van der Waals surface area contributed by atoms with Crippen LogP contribution in [0.4, 0.5) is 4.39 Å². The van der Waals surface area contributed by atoms with Crippen LogP contribution in [-0.2, 0) is 17.0 Å². The van der Waals surface area contributed by atoms with Crippen molar-refractivity contribution in [3.05, 3.63) is 35.1 Å². The molecule has 0 unspecified atom stereocenters. The molecule has 0 spiro atoms. The summed E-state index contributed by atoms with van der Waals surface area (Å²) >= 11 is 1.93. The van der Waals surface area contributed by atoms with Crippen LogP contribution < -0.4 is 5.73 Å². The molecule has 0 atom stereocenters. The molecule has 0 aliphatic carbocycles. The van der Waals surface area contributed by atoms with E-state index in [2.05, 4.69) is 0 Å². The summed E-state index contributed by atoms with van der Waals surface area (Å²) in [5.41, 5.74) is 7.71. The Morgan fingerprint density at radius 3 is 2.76 bits per heavy atom. The fourth-order valence-corrected chi connectivity index (χ4v) is 3.20. The zero-order chi connectivity index (χ0) is 12.1. The van der Waals surface area contributed by atoms with Crippen LogP contribution in [0.2, 0.25) is 0 Å². The number of hydrogen-bond acceptors (Lipinski definition) is 3. The van der Waals surface area contributed by atoms with E-state index in [-0.39, 0.29) is 5.82 Å². The van der Waals surface area contributed by atoms with Crippen molar-refractivity contribution in [3.63, 3.8) is 0 Å². The Hall–Kier alpha value is -0.580. The molecule has 94 valence electrons. The maximum Gasteiger partial charge on any atom is 0.123 e. The summed E-state index contributed by atoms with van der Waals surface area (Å²) in [4.78, 5) is 0. The van der Waals surface area contributed by atoms with E-state index in [0.29, 0.717) is 11.8 Å². The Morgan fingerprint density at radius 2 is 2.06 bits per heavy atom. The van der Waals surface area contributed by atoms with Crippen LogP contribution in [-0.4, -0.2) is 18.5 Å². The van der Waals surface area contributed by atoms with Gasteiger partial charge in [0.15, 0.2) is 0 Å². The fourth-order valence-electron chi connectivity index (χ4n) is 1.98. The Bertz CT molecular complexity index is 366. The first-order valence-electron chi connectivity index (χ1n) is 5.96. The van der Waals surface area contributed by atoms with Gasteiger partial charge in [-0.15, -0.1) is 0 Å². The quantitative estimate of drug-likeness (QED) is 0.898. The van der Waals surface area contributed by atoms with E-state index in [0.717, 1.165) is 42.9 Å². The van der Waals surface area contributed by atoms with Crippen LogP contribution in [0.5, 0.6) is 0 Å². The van der Waals surface area contributed by atoms with Crippen molar-refractivity contribution in [2.75, 3.05) is 13.2 Å². The van der Waals surface area contributed by atoms with Crippen LogP contribution in [0.3, 0.4) is 0 Å².